The maximum atomic E-state index is 11.6. The monoisotopic (exact) mass is 307 g/mol. The number of nitrogens with zero attached hydrogens (tertiary/aromatic N) is 1. The highest BCUT2D eigenvalue weighted by molar-refractivity contribution is 7.86. The Morgan fingerprint density at radius 2 is 1.67 bits per heavy atom. The van der Waals surface area contributed by atoms with Gasteiger partial charge in [0.05, 0.1) is 17.1 Å². The molecule has 0 spiro atoms. The molecule has 0 atom stereocenters. The van der Waals surface area contributed by atoms with E-state index in [1.54, 1.807) is 30.3 Å². The summed E-state index contributed by atoms with van der Waals surface area (Å²) in [6.45, 7) is 0. The second kappa shape index (κ2) is 5.43. The summed E-state index contributed by atoms with van der Waals surface area (Å²) in [4.78, 5) is 12.4. The summed E-state index contributed by atoms with van der Waals surface area (Å²) in [7, 11) is -4.42. The summed E-state index contributed by atoms with van der Waals surface area (Å²) >= 11 is 0. The zero-order valence-electron chi connectivity index (χ0n) is 10.8. The number of primary amides is 1. The van der Waals surface area contributed by atoms with Gasteiger partial charge in [-0.15, -0.1) is 0 Å². The van der Waals surface area contributed by atoms with Crippen LogP contribution in [0.3, 0.4) is 0 Å². The number of rotatable bonds is 3. The lowest BCUT2D eigenvalue weighted by atomic mass is 10.2. The van der Waals surface area contributed by atoms with Crippen molar-refractivity contribution in [3.05, 3.63) is 48.5 Å². The number of anilines is 3. The van der Waals surface area contributed by atoms with E-state index in [1.807, 2.05) is 0 Å². The molecule has 21 heavy (non-hydrogen) atoms. The average Bonchev–Trinajstić information content (AvgIpc) is 2.38. The van der Waals surface area contributed by atoms with Crippen molar-refractivity contribution in [3.8, 4) is 0 Å². The van der Waals surface area contributed by atoms with Gasteiger partial charge in [0.15, 0.2) is 0 Å². The zero-order valence-corrected chi connectivity index (χ0v) is 11.6. The third kappa shape index (κ3) is 3.12. The van der Waals surface area contributed by atoms with Crippen LogP contribution in [-0.4, -0.2) is 19.0 Å². The Bertz CT molecular complexity index is 775. The Kier molecular flexibility index (Phi) is 3.83. The van der Waals surface area contributed by atoms with Crippen LogP contribution in [0.4, 0.5) is 21.9 Å². The van der Waals surface area contributed by atoms with Gasteiger partial charge in [-0.3, -0.25) is 9.45 Å². The first-order valence-electron chi connectivity index (χ1n) is 5.82. The van der Waals surface area contributed by atoms with Crippen LogP contribution < -0.4 is 16.4 Å². The van der Waals surface area contributed by atoms with Crippen LogP contribution in [0.5, 0.6) is 0 Å². The highest BCUT2D eigenvalue weighted by atomic mass is 32.2. The molecule has 0 aliphatic heterocycles. The van der Waals surface area contributed by atoms with Gasteiger partial charge < -0.3 is 11.5 Å². The molecule has 0 aliphatic rings. The molecule has 0 saturated carbocycles. The fourth-order valence-electron chi connectivity index (χ4n) is 1.89. The number of hydrogen-bond acceptors (Lipinski definition) is 4. The normalized spacial score (nSPS) is 11.1. The van der Waals surface area contributed by atoms with E-state index in [4.69, 9.17) is 16.0 Å². The first-order valence-corrected chi connectivity index (χ1v) is 7.26. The molecule has 0 saturated heterocycles. The summed E-state index contributed by atoms with van der Waals surface area (Å²) < 4.78 is 31.2. The summed E-state index contributed by atoms with van der Waals surface area (Å²) in [5.74, 6) is 0. The number of carbonyl (C=O) groups excluding carboxylic acids is 1. The standard InChI is InChI=1S/C13H13N3O4S/c14-11-8-10(6-7-12(11)21(18,19)20)16(13(15)17)9-4-2-1-3-5-9/h1-8H,14H2,(H2,15,17)(H,18,19,20). The maximum absolute atomic E-state index is 11.6. The Morgan fingerprint density at radius 1 is 1.05 bits per heavy atom. The molecule has 2 amide bonds. The van der Waals surface area contributed by atoms with Crippen LogP contribution >= 0.6 is 0 Å². The molecule has 2 aromatic rings. The van der Waals surface area contributed by atoms with Gasteiger partial charge in [-0.25, -0.2) is 4.79 Å². The number of amides is 2. The van der Waals surface area contributed by atoms with E-state index < -0.39 is 21.0 Å². The average molecular weight is 307 g/mol. The molecule has 5 N–H and O–H groups in total. The van der Waals surface area contributed by atoms with Crippen LogP contribution in [0.15, 0.2) is 53.4 Å². The topological polar surface area (TPSA) is 127 Å². The van der Waals surface area contributed by atoms with Crippen LogP contribution in [-0.2, 0) is 10.1 Å². The minimum absolute atomic E-state index is 0.183. The fraction of sp³-hybridized carbons (Fsp3) is 0. The van der Waals surface area contributed by atoms with Crippen molar-refractivity contribution in [2.45, 2.75) is 4.90 Å². The second-order valence-corrected chi connectivity index (χ2v) is 5.60. The molecular formula is C13H13N3O4S. The van der Waals surface area contributed by atoms with Crippen LogP contribution in [0.25, 0.3) is 0 Å². The van der Waals surface area contributed by atoms with Gasteiger partial charge >= 0.3 is 6.03 Å². The van der Waals surface area contributed by atoms with Crippen molar-refractivity contribution in [1.82, 2.24) is 0 Å². The van der Waals surface area contributed by atoms with Gasteiger partial charge in [0.2, 0.25) is 0 Å². The molecule has 0 heterocycles. The van der Waals surface area contributed by atoms with Crippen LogP contribution in [0, 0.1) is 0 Å². The minimum Gasteiger partial charge on any atom is -0.398 e. The van der Waals surface area contributed by atoms with Crippen molar-refractivity contribution in [1.29, 1.82) is 0 Å². The maximum Gasteiger partial charge on any atom is 0.323 e. The number of nitrogen functional groups attached to an aromatic ring is 1. The highest BCUT2D eigenvalue weighted by Gasteiger charge is 2.19. The first-order chi connectivity index (χ1) is 9.80. The second-order valence-electron chi connectivity index (χ2n) is 4.21. The number of nitrogens with two attached hydrogens (primary N) is 2. The van der Waals surface area contributed by atoms with E-state index >= 15 is 0 Å². The Balaban J connectivity index is 2.54. The van der Waals surface area contributed by atoms with Gasteiger partial charge in [-0.2, -0.15) is 8.42 Å². The quantitative estimate of drug-likeness (QED) is 0.588. The molecule has 2 aromatic carbocycles. The van der Waals surface area contributed by atoms with Gasteiger partial charge in [0.1, 0.15) is 4.90 Å². The summed E-state index contributed by atoms with van der Waals surface area (Å²) in [6, 6.07) is 11.5. The number of urea groups is 1. The molecule has 0 aromatic heterocycles. The predicted molar refractivity (Wildman–Crippen MR) is 78.8 cm³/mol. The summed E-state index contributed by atoms with van der Waals surface area (Å²) in [5.41, 5.74) is 11.6. The molecule has 0 radical (unpaired) electrons. The van der Waals surface area contributed by atoms with Crippen LogP contribution in [0.1, 0.15) is 0 Å². The Morgan fingerprint density at radius 3 is 2.14 bits per heavy atom. The van der Waals surface area contributed by atoms with Gasteiger partial charge in [0, 0.05) is 0 Å². The number of benzene rings is 2. The van der Waals surface area contributed by atoms with Gasteiger partial charge in [0.25, 0.3) is 10.1 Å². The lowest BCUT2D eigenvalue weighted by Crippen LogP contribution is -2.31. The fourth-order valence-corrected chi connectivity index (χ4v) is 2.49. The molecule has 0 aliphatic carbocycles. The zero-order chi connectivity index (χ0) is 15.6. The molecule has 2 rings (SSSR count). The molecule has 8 heteroatoms. The third-order valence-electron chi connectivity index (χ3n) is 2.76. The van der Waals surface area contributed by atoms with E-state index in [0.29, 0.717) is 11.4 Å². The number of para-hydroxylation sites is 1. The van der Waals surface area contributed by atoms with Crippen molar-refractivity contribution < 1.29 is 17.8 Å². The number of hydrogen-bond donors (Lipinski definition) is 3. The summed E-state index contributed by atoms with van der Waals surface area (Å²) in [5, 5.41) is 0. The molecule has 110 valence electrons. The molecule has 0 bridgehead atoms. The predicted octanol–water partition coefficient (Wildman–Crippen LogP) is 1.73. The third-order valence-corrected chi connectivity index (χ3v) is 3.69. The highest BCUT2D eigenvalue weighted by Crippen LogP contribution is 2.29. The van der Waals surface area contributed by atoms with E-state index in [0.717, 1.165) is 6.07 Å². The minimum atomic E-state index is -4.42. The number of carbonyl (C=O) groups is 1. The first kappa shape index (κ1) is 14.8. The van der Waals surface area contributed by atoms with Gasteiger partial charge in [-0.05, 0) is 30.3 Å². The molecule has 7 nitrogen and oxygen atoms in total. The van der Waals surface area contributed by atoms with Crippen molar-refractivity contribution in [2.24, 2.45) is 5.73 Å². The van der Waals surface area contributed by atoms with E-state index in [2.05, 4.69) is 0 Å². The van der Waals surface area contributed by atoms with Crippen molar-refractivity contribution in [3.63, 3.8) is 0 Å². The lowest BCUT2D eigenvalue weighted by molar-refractivity contribution is 0.256. The Labute approximate surface area is 121 Å². The van der Waals surface area contributed by atoms with E-state index in [9.17, 15) is 13.2 Å². The molecule has 0 fully saturated rings. The largest absolute Gasteiger partial charge is 0.398 e. The van der Waals surface area contributed by atoms with E-state index in [1.165, 1.54) is 17.0 Å². The SMILES string of the molecule is NC(=O)N(c1ccccc1)c1ccc(S(=O)(=O)O)c(N)c1. The van der Waals surface area contributed by atoms with Crippen molar-refractivity contribution >= 4 is 33.2 Å². The smallest absolute Gasteiger partial charge is 0.323 e. The molecular weight excluding hydrogens is 294 g/mol. The van der Waals surface area contributed by atoms with Crippen molar-refractivity contribution in [2.75, 3.05) is 10.6 Å². The Hall–Kier alpha value is -2.58. The van der Waals surface area contributed by atoms with Crippen LogP contribution in [0.2, 0.25) is 0 Å². The lowest BCUT2D eigenvalue weighted by Gasteiger charge is -2.21. The molecule has 0 unspecified atom stereocenters. The van der Waals surface area contributed by atoms with E-state index in [-0.39, 0.29) is 5.69 Å². The van der Waals surface area contributed by atoms with Gasteiger partial charge in [-0.1, -0.05) is 18.2 Å². The summed E-state index contributed by atoms with van der Waals surface area (Å²) in [6.07, 6.45) is 0.